The monoisotopic (exact) mass is 254 g/mol. The maximum absolute atomic E-state index is 9.24. The van der Waals surface area contributed by atoms with Crippen molar-refractivity contribution in [1.29, 1.82) is 0 Å². The van der Waals surface area contributed by atoms with Gasteiger partial charge >= 0.3 is 0 Å². The molecule has 0 saturated heterocycles. The van der Waals surface area contributed by atoms with Crippen molar-refractivity contribution < 1.29 is 4.74 Å². The van der Waals surface area contributed by atoms with E-state index in [1.165, 1.54) is 4.90 Å². The summed E-state index contributed by atoms with van der Waals surface area (Å²) in [7, 11) is 0. The van der Waals surface area contributed by atoms with E-state index < -0.39 is 0 Å². The molecule has 5 heteroatoms. The van der Waals surface area contributed by atoms with E-state index in [0.717, 1.165) is 29.9 Å². The number of benzene rings is 1. The standard InChI is InChI=1S/C11H14N2OS2/c1-3-13-9-7-8(14-4-2)5-6-10(9)15-11(13)16-12/h5-7,11H,3-4H2,1-2H3. The Labute approximate surface area is 105 Å². The largest absolute Gasteiger partial charge is 0.494 e. The maximum Gasteiger partial charge on any atom is 0.144 e. The van der Waals surface area contributed by atoms with Crippen LogP contribution in [0.1, 0.15) is 13.8 Å². The molecule has 16 heavy (non-hydrogen) atoms. The minimum atomic E-state index is 0.0666. The van der Waals surface area contributed by atoms with E-state index in [4.69, 9.17) is 4.74 Å². The van der Waals surface area contributed by atoms with E-state index in [0.29, 0.717) is 6.61 Å². The number of fused-ring (bicyclic) bond motifs is 1. The van der Waals surface area contributed by atoms with Gasteiger partial charge in [0.2, 0.25) is 0 Å². The molecule has 0 aliphatic carbocycles. The van der Waals surface area contributed by atoms with Crippen molar-refractivity contribution in [1.82, 2.24) is 5.14 Å². The summed E-state index contributed by atoms with van der Waals surface area (Å²) in [4.78, 5) is 3.38. The highest BCUT2D eigenvalue weighted by atomic mass is 32.2. The molecule has 0 spiro atoms. The molecule has 1 unspecified atom stereocenters. The molecule has 1 aromatic rings. The van der Waals surface area contributed by atoms with Crippen LogP contribution in [-0.2, 0) is 0 Å². The van der Waals surface area contributed by atoms with Gasteiger partial charge < -0.3 is 9.64 Å². The second kappa shape index (κ2) is 5.21. The van der Waals surface area contributed by atoms with Crippen LogP contribution < -0.4 is 14.8 Å². The van der Waals surface area contributed by atoms with E-state index >= 15 is 0 Å². The fraction of sp³-hybridized carbons (Fsp3) is 0.455. The number of nitrogens with zero attached hydrogens (tertiary/aromatic N) is 2. The first-order chi connectivity index (χ1) is 7.80. The zero-order chi connectivity index (χ0) is 11.5. The molecule has 0 fully saturated rings. The zero-order valence-electron chi connectivity index (χ0n) is 9.34. The van der Waals surface area contributed by atoms with Gasteiger partial charge in [-0.05, 0) is 37.9 Å². The summed E-state index contributed by atoms with van der Waals surface area (Å²) in [6.07, 6.45) is 0. The van der Waals surface area contributed by atoms with Gasteiger partial charge in [0.15, 0.2) is 0 Å². The molecule has 0 bridgehead atoms. The first kappa shape index (κ1) is 12.0. The van der Waals surface area contributed by atoms with Gasteiger partial charge in [-0.15, -0.1) is 0 Å². The fourth-order valence-corrected chi connectivity index (χ4v) is 3.67. The molecule has 1 aromatic carbocycles. The van der Waals surface area contributed by atoms with E-state index in [-0.39, 0.29) is 4.71 Å². The second-order valence-corrected chi connectivity index (χ2v) is 5.46. The summed E-state index contributed by atoms with van der Waals surface area (Å²) in [5.74, 6) is 0.892. The van der Waals surface area contributed by atoms with Crippen LogP contribution in [0.15, 0.2) is 23.1 Å². The molecular formula is C11H14N2OS2. The summed E-state index contributed by atoms with van der Waals surface area (Å²) < 4.78 is 5.55. The highest BCUT2D eigenvalue weighted by molar-refractivity contribution is 8.16. The lowest BCUT2D eigenvalue weighted by Gasteiger charge is -2.22. The van der Waals surface area contributed by atoms with Crippen LogP contribution in [0.4, 0.5) is 5.69 Å². The third-order valence-corrected chi connectivity index (χ3v) is 4.50. The average molecular weight is 254 g/mol. The SMILES string of the molecule is CCOc1ccc2c(c1)N(CC)C(S[N])S2. The summed E-state index contributed by atoms with van der Waals surface area (Å²) in [6.45, 7) is 5.63. The molecule has 1 heterocycles. The van der Waals surface area contributed by atoms with E-state index in [1.807, 2.05) is 19.1 Å². The van der Waals surface area contributed by atoms with Gasteiger partial charge in [0.25, 0.3) is 0 Å². The lowest BCUT2D eigenvalue weighted by Crippen LogP contribution is -2.26. The van der Waals surface area contributed by atoms with Gasteiger partial charge in [0.05, 0.1) is 12.3 Å². The van der Waals surface area contributed by atoms with Crippen molar-refractivity contribution in [3.63, 3.8) is 0 Å². The zero-order valence-corrected chi connectivity index (χ0v) is 11.0. The maximum atomic E-state index is 9.24. The molecule has 0 N–H and O–H groups in total. The number of hydrogen-bond donors (Lipinski definition) is 0. The van der Waals surface area contributed by atoms with Gasteiger partial charge in [-0.25, -0.2) is 0 Å². The quantitative estimate of drug-likeness (QED) is 0.774. The Morgan fingerprint density at radius 2 is 2.31 bits per heavy atom. The van der Waals surface area contributed by atoms with Crippen LogP contribution in [0, 0.1) is 0 Å². The predicted octanol–water partition coefficient (Wildman–Crippen LogP) is 3.02. The molecule has 0 aromatic heterocycles. The number of ether oxygens (including phenoxy) is 1. The summed E-state index contributed by atoms with van der Waals surface area (Å²) in [5, 5.41) is 9.24. The average Bonchev–Trinajstić information content (AvgIpc) is 2.66. The molecule has 1 atom stereocenters. The van der Waals surface area contributed by atoms with Gasteiger partial charge in [-0.2, -0.15) is 0 Å². The van der Waals surface area contributed by atoms with Crippen molar-refractivity contribution in [3.8, 4) is 5.75 Å². The van der Waals surface area contributed by atoms with Crippen molar-refractivity contribution in [3.05, 3.63) is 18.2 Å². The minimum Gasteiger partial charge on any atom is -0.494 e. The topological polar surface area (TPSA) is 34.8 Å². The van der Waals surface area contributed by atoms with Crippen molar-refractivity contribution in [2.75, 3.05) is 18.1 Å². The Bertz CT molecular complexity index is 373. The Hall–Kier alpha value is -0.520. The van der Waals surface area contributed by atoms with E-state index in [9.17, 15) is 5.14 Å². The number of hydrogen-bond acceptors (Lipinski definition) is 4. The first-order valence-electron chi connectivity index (χ1n) is 5.30. The molecular weight excluding hydrogens is 240 g/mol. The Morgan fingerprint density at radius 3 is 2.94 bits per heavy atom. The predicted molar refractivity (Wildman–Crippen MR) is 70.0 cm³/mol. The third kappa shape index (κ3) is 2.12. The number of anilines is 1. The number of rotatable bonds is 4. The van der Waals surface area contributed by atoms with E-state index in [1.54, 1.807) is 11.8 Å². The van der Waals surface area contributed by atoms with Gasteiger partial charge in [0.1, 0.15) is 10.5 Å². The molecule has 2 rings (SSSR count). The van der Waals surface area contributed by atoms with Crippen molar-refractivity contribution in [2.24, 2.45) is 0 Å². The van der Waals surface area contributed by atoms with Crippen LogP contribution in [0.2, 0.25) is 0 Å². The minimum absolute atomic E-state index is 0.0666. The molecule has 0 amide bonds. The molecule has 86 valence electrons. The molecule has 1 aliphatic rings. The lowest BCUT2D eigenvalue weighted by atomic mass is 10.3. The Morgan fingerprint density at radius 1 is 1.50 bits per heavy atom. The lowest BCUT2D eigenvalue weighted by molar-refractivity contribution is 0.340. The normalized spacial score (nSPS) is 18.7. The van der Waals surface area contributed by atoms with Crippen LogP contribution in [-0.4, -0.2) is 17.9 Å². The number of thioether (sulfide) groups is 1. The van der Waals surface area contributed by atoms with Gasteiger partial charge in [0, 0.05) is 17.5 Å². The second-order valence-electron chi connectivity index (χ2n) is 3.38. The van der Waals surface area contributed by atoms with Gasteiger partial charge in [-0.3, -0.25) is 0 Å². The van der Waals surface area contributed by atoms with Crippen LogP contribution >= 0.6 is 23.7 Å². The highest BCUT2D eigenvalue weighted by Crippen LogP contribution is 2.47. The molecule has 2 radical (unpaired) electrons. The fourth-order valence-electron chi connectivity index (χ4n) is 1.76. The highest BCUT2D eigenvalue weighted by Gasteiger charge is 2.29. The first-order valence-corrected chi connectivity index (χ1v) is 7.02. The van der Waals surface area contributed by atoms with Crippen LogP contribution in [0.25, 0.3) is 0 Å². The van der Waals surface area contributed by atoms with Crippen molar-refractivity contribution in [2.45, 2.75) is 23.4 Å². The van der Waals surface area contributed by atoms with E-state index in [2.05, 4.69) is 17.9 Å². The van der Waals surface area contributed by atoms with Crippen LogP contribution in [0.5, 0.6) is 5.75 Å². The smallest absolute Gasteiger partial charge is 0.144 e. The summed E-state index contributed by atoms with van der Waals surface area (Å²) >= 11 is 2.57. The molecule has 1 aliphatic heterocycles. The van der Waals surface area contributed by atoms with Crippen molar-refractivity contribution >= 4 is 29.4 Å². The Kier molecular flexibility index (Phi) is 3.89. The summed E-state index contributed by atoms with van der Waals surface area (Å²) in [6, 6.07) is 6.09. The Balaban J connectivity index is 2.29. The molecule has 3 nitrogen and oxygen atoms in total. The molecule has 0 saturated carbocycles. The third-order valence-electron chi connectivity index (χ3n) is 2.46. The summed E-state index contributed by atoms with van der Waals surface area (Å²) in [5.41, 5.74) is 1.16. The van der Waals surface area contributed by atoms with Crippen LogP contribution in [0.3, 0.4) is 0 Å². The van der Waals surface area contributed by atoms with Gasteiger partial charge in [-0.1, -0.05) is 16.9 Å².